The minimum Gasteiger partial charge on any atom is -0.493 e. The molecule has 0 radical (unpaired) electrons. The van der Waals surface area contributed by atoms with Crippen molar-refractivity contribution in [3.8, 4) is 51.3 Å². The van der Waals surface area contributed by atoms with Crippen molar-refractivity contribution in [3.05, 3.63) is 77.9 Å². The molecule has 6 aromatic rings. The molecule has 190 valence electrons. The van der Waals surface area contributed by atoms with Gasteiger partial charge in [-0.15, -0.1) is 0 Å². The van der Waals surface area contributed by atoms with Gasteiger partial charge >= 0.3 is 0 Å². The van der Waals surface area contributed by atoms with E-state index in [-0.39, 0.29) is 0 Å². The van der Waals surface area contributed by atoms with E-state index in [1.807, 2.05) is 59.1 Å². The quantitative estimate of drug-likeness (QED) is 0.288. The van der Waals surface area contributed by atoms with Gasteiger partial charge in [0.1, 0.15) is 5.69 Å². The summed E-state index contributed by atoms with van der Waals surface area (Å²) < 4.78 is 18.7. The van der Waals surface area contributed by atoms with E-state index in [1.54, 1.807) is 21.3 Å². The monoisotopic (exact) mass is 505 g/mol. The van der Waals surface area contributed by atoms with Crippen molar-refractivity contribution in [2.45, 2.75) is 13.8 Å². The van der Waals surface area contributed by atoms with Gasteiger partial charge in [-0.1, -0.05) is 30.3 Å². The molecule has 3 heterocycles. The Morgan fingerprint density at radius 2 is 1.42 bits per heavy atom. The first-order valence-electron chi connectivity index (χ1n) is 12.2. The summed E-state index contributed by atoms with van der Waals surface area (Å²) in [6, 6.07) is 22.0. The second-order valence-corrected chi connectivity index (χ2v) is 9.15. The predicted octanol–water partition coefficient (Wildman–Crippen LogP) is 6.25. The molecule has 0 saturated carbocycles. The number of nitrogens with zero attached hydrogens (tertiary/aromatic N) is 4. The summed E-state index contributed by atoms with van der Waals surface area (Å²) in [5.74, 6) is 2.32. The van der Waals surface area contributed by atoms with E-state index >= 15 is 0 Å². The Bertz CT molecular complexity index is 1740. The molecular weight excluding hydrogens is 478 g/mol. The summed E-state index contributed by atoms with van der Waals surface area (Å²) in [5, 5.41) is 4.92. The fraction of sp³-hybridized carbons (Fsp3) is 0.167. The van der Waals surface area contributed by atoms with Gasteiger partial charge in [-0.25, -0.2) is 14.5 Å². The average molecular weight is 506 g/mol. The highest BCUT2D eigenvalue weighted by molar-refractivity contribution is 5.82. The van der Waals surface area contributed by atoms with Crippen LogP contribution >= 0.6 is 0 Å². The minimum atomic E-state index is 0.526. The number of imidazole rings is 1. The summed E-state index contributed by atoms with van der Waals surface area (Å²) in [4.78, 5) is 13.3. The predicted molar refractivity (Wildman–Crippen MR) is 148 cm³/mol. The Balaban J connectivity index is 1.62. The van der Waals surface area contributed by atoms with Crippen LogP contribution in [0.15, 0.2) is 66.7 Å². The van der Waals surface area contributed by atoms with E-state index in [4.69, 9.17) is 29.3 Å². The van der Waals surface area contributed by atoms with Crippen molar-refractivity contribution in [2.24, 2.45) is 0 Å². The number of ether oxygens (including phenoxy) is 3. The van der Waals surface area contributed by atoms with Crippen LogP contribution in [0.3, 0.4) is 0 Å². The Labute approximate surface area is 219 Å². The van der Waals surface area contributed by atoms with Crippen LogP contribution < -0.4 is 14.2 Å². The number of methoxy groups -OCH3 is 3. The Kier molecular flexibility index (Phi) is 5.72. The van der Waals surface area contributed by atoms with Gasteiger partial charge in [0.15, 0.2) is 23.0 Å². The maximum absolute atomic E-state index is 5.64. The number of rotatable bonds is 6. The molecule has 0 aliphatic heterocycles. The molecule has 6 rings (SSSR count). The second kappa shape index (κ2) is 9.23. The van der Waals surface area contributed by atoms with Gasteiger partial charge in [0, 0.05) is 17.2 Å². The van der Waals surface area contributed by atoms with Crippen molar-refractivity contribution in [1.29, 1.82) is 0 Å². The zero-order valence-electron chi connectivity index (χ0n) is 21.9. The molecule has 0 spiro atoms. The summed E-state index contributed by atoms with van der Waals surface area (Å²) in [5.41, 5.74) is 9.13. The van der Waals surface area contributed by atoms with Gasteiger partial charge < -0.3 is 19.2 Å². The largest absolute Gasteiger partial charge is 0.493 e. The fourth-order valence-electron chi connectivity index (χ4n) is 4.67. The third-order valence-electron chi connectivity index (χ3n) is 6.80. The van der Waals surface area contributed by atoms with Crippen molar-refractivity contribution >= 4 is 16.7 Å². The van der Waals surface area contributed by atoms with E-state index in [1.165, 1.54) is 11.1 Å². The Morgan fingerprint density at radius 1 is 0.711 bits per heavy atom. The van der Waals surface area contributed by atoms with E-state index in [0.717, 1.165) is 33.5 Å². The van der Waals surface area contributed by atoms with Gasteiger partial charge in [-0.3, -0.25) is 0 Å². The van der Waals surface area contributed by atoms with Crippen LogP contribution in [0.4, 0.5) is 0 Å². The maximum atomic E-state index is 5.64. The molecule has 0 aliphatic rings. The maximum Gasteiger partial charge on any atom is 0.203 e. The molecule has 0 atom stereocenters. The standard InChI is InChI=1S/C30H27N5O3/c1-17-11-22-23(12-18(17)2)33-30(32-22)24-15-25(20-13-26(36-3)29(38-5)27(14-20)37-4)35-28(31-24)16-21(34-35)19-9-7-6-8-10-19/h6-16H,1-5H3,(H,32,33). The van der Waals surface area contributed by atoms with Crippen LogP contribution in [0.2, 0.25) is 0 Å². The Hall–Kier alpha value is -4.85. The SMILES string of the molecule is COc1cc(-c2cc(-c3nc4cc(C)c(C)cc4[nH]3)nc3cc(-c4ccccc4)nn23)cc(OC)c1OC. The first-order chi connectivity index (χ1) is 18.5. The van der Waals surface area contributed by atoms with Crippen molar-refractivity contribution < 1.29 is 14.2 Å². The zero-order valence-corrected chi connectivity index (χ0v) is 21.9. The van der Waals surface area contributed by atoms with E-state index in [2.05, 4.69) is 31.0 Å². The average Bonchev–Trinajstić information content (AvgIpc) is 3.56. The number of aromatic nitrogens is 5. The first-order valence-corrected chi connectivity index (χ1v) is 12.2. The molecule has 0 saturated heterocycles. The van der Waals surface area contributed by atoms with Crippen LogP contribution in [0.25, 0.3) is 50.7 Å². The van der Waals surface area contributed by atoms with Gasteiger partial charge in [0.2, 0.25) is 5.75 Å². The number of aromatic amines is 1. The number of fused-ring (bicyclic) bond motifs is 2. The molecular formula is C30H27N5O3. The topological polar surface area (TPSA) is 86.6 Å². The fourth-order valence-corrected chi connectivity index (χ4v) is 4.67. The molecule has 0 fully saturated rings. The van der Waals surface area contributed by atoms with Crippen molar-refractivity contribution in [3.63, 3.8) is 0 Å². The number of hydrogen-bond donors (Lipinski definition) is 1. The lowest BCUT2D eigenvalue weighted by atomic mass is 10.1. The molecule has 0 aliphatic carbocycles. The second-order valence-electron chi connectivity index (χ2n) is 9.15. The third kappa shape index (κ3) is 3.91. The normalized spacial score (nSPS) is 11.3. The van der Waals surface area contributed by atoms with Crippen LogP contribution in [0, 0.1) is 13.8 Å². The molecule has 0 unspecified atom stereocenters. The number of nitrogens with one attached hydrogen (secondary N) is 1. The highest BCUT2D eigenvalue weighted by atomic mass is 16.5. The Morgan fingerprint density at radius 3 is 2.11 bits per heavy atom. The lowest BCUT2D eigenvalue weighted by Crippen LogP contribution is -2.01. The molecule has 8 heteroatoms. The van der Waals surface area contributed by atoms with Crippen LogP contribution in [0.1, 0.15) is 11.1 Å². The molecule has 38 heavy (non-hydrogen) atoms. The molecule has 3 aromatic carbocycles. The molecule has 0 amide bonds. The van der Waals surface area contributed by atoms with Gasteiger partial charge in [0.25, 0.3) is 0 Å². The summed E-state index contributed by atoms with van der Waals surface area (Å²) in [6.07, 6.45) is 0. The third-order valence-corrected chi connectivity index (χ3v) is 6.80. The molecule has 0 bridgehead atoms. The van der Waals surface area contributed by atoms with Gasteiger partial charge in [0.05, 0.1) is 43.8 Å². The summed E-state index contributed by atoms with van der Waals surface area (Å²) in [6.45, 7) is 4.19. The van der Waals surface area contributed by atoms with E-state index in [0.29, 0.717) is 34.4 Å². The summed E-state index contributed by atoms with van der Waals surface area (Å²) >= 11 is 0. The van der Waals surface area contributed by atoms with E-state index < -0.39 is 0 Å². The highest BCUT2D eigenvalue weighted by Crippen LogP contribution is 2.42. The minimum absolute atomic E-state index is 0.526. The lowest BCUT2D eigenvalue weighted by molar-refractivity contribution is 0.324. The van der Waals surface area contributed by atoms with Crippen LogP contribution in [-0.2, 0) is 0 Å². The molecule has 1 N–H and O–H groups in total. The number of benzene rings is 3. The lowest BCUT2D eigenvalue weighted by Gasteiger charge is -2.15. The van der Waals surface area contributed by atoms with Crippen molar-refractivity contribution in [2.75, 3.05) is 21.3 Å². The molecule has 3 aromatic heterocycles. The van der Waals surface area contributed by atoms with Crippen molar-refractivity contribution in [1.82, 2.24) is 24.6 Å². The molecule has 8 nitrogen and oxygen atoms in total. The number of H-pyrrole nitrogens is 1. The number of hydrogen-bond acceptors (Lipinski definition) is 6. The zero-order chi connectivity index (χ0) is 26.4. The number of aryl methyl sites for hydroxylation is 2. The van der Waals surface area contributed by atoms with Crippen LogP contribution in [-0.4, -0.2) is 45.9 Å². The van der Waals surface area contributed by atoms with Gasteiger partial charge in [-0.2, -0.15) is 5.10 Å². The smallest absolute Gasteiger partial charge is 0.203 e. The first kappa shape index (κ1) is 23.5. The highest BCUT2D eigenvalue weighted by Gasteiger charge is 2.20. The van der Waals surface area contributed by atoms with Gasteiger partial charge in [-0.05, 0) is 55.3 Å². The van der Waals surface area contributed by atoms with Crippen LogP contribution in [0.5, 0.6) is 17.2 Å². The van der Waals surface area contributed by atoms with E-state index in [9.17, 15) is 0 Å². The summed E-state index contributed by atoms with van der Waals surface area (Å²) in [7, 11) is 4.80.